The maximum Gasteiger partial charge on any atom is 0.325 e. The highest BCUT2D eigenvalue weighted by Gasteiger charge is 2.17. The van der Waals surface area contributed by atoms with Crippen molar-refractivity contribution >= 4 is 5.97 Å². The topological polar surface area (TPSA) is 72.6 Å². The molecule has 0 aromatic heterocycles. The summed E-state index contributed by atoms with van der Waals surface area (Å²) in [7, 11) is 0. The molecule has 0 heterocycles. The van der Waals surface area contributed by atoms with Gasteiger partial charge in [0.15, 0.2) is 0 Å². The molecule has 0 saturated carbocycles. The van der Waals surface area contributed by atoms with Gasteiger partial charge in [-0.25, -0.2) is 0 Å². The first-order valence-corrected chi connectivity index (χ1v) is 6.75. The molecule has 1 unspecified atom stereocenters. The van der Waals surface area contributed by atoms with Gasteiger partial charge < -0.3 is 15.6 Å². The van der Waals surface area contributed by atoms with Crippen LogP contribution < -0.4 is 10.5 Å². The van der Waals surface area contributed by atoms with E-state index in [0.29, 0.717) is 12.2 Å². The normalized spacial score (nSPS) is 12.0. The molecular formula is C17H19NO3. The van der Waals surface area contributed by atoms with E-state index in [9.17, 15) is 4.79 Å². The van der Waals surface area contributed by atoms with Crippen LogP contribution >= 0.6 is 0 Å². The van der Waals surface area contributed by atoms with E-state index in [0.717, 1.165) is 22.4 Å². The molecule has 0 spiro atoms. The van der Waals surface area contributed by atoms with Crippen LogP contribution in [-0.4, -0.2) is 11.1 Å². The number of hydrogen-bond donors (Lipinski definition) is 2. The summed E-state index contributed by atoms with van der Waals surface area (Å²) in [5.74, 6) is -0.257. The van der Waals surface area contributed by atoms with Crippen LogP contribution in [0.1, 0.15) is 28.3 Å². The fraction of sp³-hybridized carbons (Fsp3) is 0.235. The molecule has 0 aliphatic rings. The first kappa shape index (κ1) is 15.1. The van der Waals surface area contributed by atoms with Gasteiger partial charge in [0.2, 0.25) is 0 Å². The molecular weight excluding hydrogens is 266 g/mol. The number of rotatable bonds is 5. The van der Waals surface area contributed by atoms with E-state index < -0.39 is 12.0 Å². The van der Waals surface area contributed by atoms with Gasteiger partial charge >= 0.3 is 5.97 Å². The largest absolute Gasteiger partial charge is 0.488 e. The molecule has 0 fully saturated rings. The number of carboxylic acids is 1. The Morgan fingerprint density at radius 3 is 2.29 bits per heavy atom. The van der Waals surface area contributed by atoms with Crippen LogP contribution in [0, 0.1) is 13.8 Å². The van der Waals surface area contributed by atoms with Crippen LogP contribution in [0.25, 0.3) is 0 Å². The molecule has 2 rings (SSSR count). The van der Waals surface area contributed by atoms with Gasteiger partial charge in [-0.2, -0.15) is 0 Å². The Bertz CT molecular complexity index is 615. The Balaban J connectivity index is 2.19. The lowest BCUT2D eigenvalue weighted by molar-refractivity contribution is -0.138. The lowest BCUT2D eigenvalue weighted by Crippen LogP contribution is -2.21. The van der Waals surface area contributed by atoms with Crippen molar-refractivity contribution < 1.29 is 14.6 Å². The van der Waals surface area contributed by atoms with Crippen LogP contribution in [0.4, 0.5) is 0 Å². The zero-order chi connectivity index (χ0) is 15.4. The summed E-state index contributed by atoms with van der Waals surface area (Å²) >= 11 is 0. The summed E-state index contributed by atoms with van der Waals surface area (Å²) in [6.45, 7) is 4.27. The highest BCUT2D eigenvalue weighted by molar-refractivity contribution is 5.75. The summed E-state index contributed by atoms with van der Waals surface area (Å²) in [6, 6.07) is 12.4. The molecule has 3 N–H and O–H groups in total. The van der Waals surface area contributed by atoms with Gasteiger partial charge in [0, 0.05) is 0 Å². The van der Waals surface area contributed by atoms with Gasteiger partial charge in [-0.1, -0.05) is 42.5 Å². The highest BCUT2D eigenvalue weighted by atomic mass is 16.5. The quantitative estimate of drug-likeness (QED) is 0.886. The lowest BCUT2D eigenvalue weighted by atomic mass is 10.0. The molecule has 0 bridgehead atoms. The SMILES string of the molecule is Cc1cc(C(N)C(=O)O)cc(C)c1OCc1ccccc1. The van der Waals surface area contributed by atoms with E-state index in [1.54, 1.807) is 12.1 Å². The number of aliphatic carboxylic acids is 1. The summed E-state index contributed by atoms with van der Waals surface area (Å²) in [5.41, 5.74) is 9.10. The van der Waals surface area contributed by atoms with Crippen LogP contribution in [-0.2, 0) is 11.4 Å². The van der Waals surface area contributed by atoms with E-state index in [1.807, 2.05) is 44.2 Å². The maximum atomic E-state index is 11.0. The van der Waals surface area contributed by atoms with Crippen molar-refractivity contribution in [1.82, 2.24) is 0 Å². The Kier molecular flexibility index (Phi) is 4.60. The molecule has 0 amide bonds. The number of carbonyl (C=O) groups is 1. The van der Waals surface area contributed by atoms with Crippen molar-refractivity contribution in [3.8, 4) is 5.75 Å². The Morgan fingerprint density at radius 2 is 1.76 bits per heavy atom. The Labute approximate surface area is 124 Å². The molecule has 4 heteroatoms. The van der Waals surface area contributed by atoms with E-state index >= 15 is 0 Å². The van der Waals surface area contributed by atoms with Gasteiger partial charge in [-0.15, -0.1) is 0 Å². The molecule has 0 aliphatic heterocycles. The summed E-state index contributed by atoms with van der Waals surface area (Å²) in [4.78, 5) is 11.0. The van der Waals surface area contributed by atoms with Crippen molar-refractivity contribution in [2.45, 2.75) is 26.5 Å². The second kappa shape index (κ2) is 6.41. The minimum absolute atomic E-state index is 0.479. The Hall–Kier alpha value is -2.33. The third-order valence-electron chi connectivity index (χ3n) is 3.33. The first-order valence-electron chi connectivity index (χ1n) is 6.75. The fourth-order valence-electron chi connectivity index (χ4n) is 2.26. The lowest BCUT2D eigenvalue weighted by Gasteiger charge is -2.15. The van der Waals surface area contributed by atoms with Crippen molar-refractivity contribution in [1.29, 1.82) is 0 Å². The van der Waals surface area contributed by atoms with Crippen LogP contribution in [0.2, 0.25) is 0 Å². The molecule has 2 aromatic carbocycles. The number of hydrogen-bond acceptors (Lipinski definition) is 3. The molecule has 1 atom stereocenters. The third-order valence-corrected chi connectivity index (χ3v) is 3.33. The molecule has 21 heavy (non-hydrogen) atoms. The van der Waals surface area contributed by atoms with Gasteiger partial charge in [0.05, 0.1) is 0 Å². The highest BCUT2D eigenvalue weighted by Crippen LogP contribution is 2.27. The fourth-order valence-corrected chi connectivity index (χ4v) is 2.26. The van der Waals surface area contributed by atoms with Gasteiger partial charge in [-0.05, 0) is 36.1 Å². The number of aryl methyl sites for hydroxylation is 2. The monoisotopic (exact) mass is 285 g/mol. The minimum Gasteiger partial charge on any atom is -0.488 e. The van der Waals surface area contributed by atoms with Crippen LogP contribution in [0.3, 0.4) is 0 Å². The van der Waals surface area contributed by atoms with Crippen molar-refractivity contribution in [3.63, 3.8) is 0 Å². The average molecular weight is 285 g/mol. The van der Waals surface area contributed by atoms with Crippen molar-refractivity contribution in [3.05, 3.63) is 64.7 Å². The van der Waals surface area contributed by atoms with Gasteiger partial charge in [0.1, 0.15) is 18.4 Å². The maximum absolute atomic E-state index is 11.0. The summed E-state index contributed by atoms with van der Waals surface area (Å²) in [6.07, 6.45) is 0. The Morgan fingerprint density at radius 1 is 1.19 bits per heavy atom. The number of benzene rings is 2. The predicted octanol–water partition coefficient (Wildman–Crippen LogP) is 2.97. The number of carboxylic acid groups (broad SMARTS) is 1. The van der Waals surface area contributed by atoms with E-state index in [4.69, 9.17) is 15.6 Å². The standard InChI is InChI=1S/C17H19NO3/c1-11-8-14(15(18)17(19)20)9-12(2)16(11)21-10-13-6-4-3-5-7-13/h3-9,15H,10,18H2,1-2H3,(H,19,20). The van der Waals surface area contributed by atoms with Gasteiger partial charge in [-0.3, -0.25) is 4.79 Å². The molecule has 0 aliphatic carbocycles. The van der Waals surface area contributed by atoms with Gasteiger partial charge in [0.25, 0.3) is 0 Å². The zero-order valence-electron chi connectivity index (χ0n) is 12.2. The third kappa shape index (κ3) is 3.61. The molecule has 4 nitrogen and oxygen atoms in total. The first-order chi connectivity index (χ1) is 9.99. The summed E-state index contributed by atoms with van der Waals surface area (Å²) in [5, 5.41) is 8.98. The number of nitrogens with two attached hydrogens (primary N) is 1. The van der Waals surface area contributed by atoms with Crippen LogP contribution in [0.15, 0.2) is 42.5 Å². The predicted molar refractivity (Wildman–Crippen MR) is 81.3 cm³/mol. The summed E-state index contributed by atoms with van der Waals surface area (Å²) < 4.78 is 5.86. The van der Waals surface area contributed by atoms with E-state index in [2.05, 4.69) is 0 Å². The molecule has 0 radical (unpaired) electrons. The molecule has 110 valence electrons. The zero-order valence-corrected chi connectivity index (χ0v) is 12.2. The number of ether oxygens (including phenoxy) is 1. The molecule has 0 saturated heterocycles. The van der Waals surface area contributed by atoms with Crippen molar-refractivity contribution in [2.75, 3.05) is 0 Å². The minimum atomic E-state index is -1.04. The molecule has 2 aromatic rings. The smallest absolute Gasteiger partial charge is 0.325 e. The van der Waals surface area contributed by atoms with E-state index in [1.165, 1.54) is 0 Å². The van der Waals surface area contributed by atoms with Crippen LogP contribution in [0.5, 0.6) is 5.75 Å². The second-order valence-electron chi connectivity index (χ2n) is 5.07. The van der Waals surface area contributed by atoms with E-state index in [-0.39, 0.29) is 0 Å². The second-order valence-corrected chi connectivity index (χ2v) is 5.07. The van der Waals surface area contributed by atoms with Crippen molar-refractivity contribution in [2.24, 2.45) is 5.73 Å². The average Bonchev–Trinajstić information content (AvgIpc) is 2.46.